The van der Waals surface area contributed by atoms with Crippen molar-refractivity contribution < 1.29 is 23.5 Å². The van der Waals surface area contributed by atoms with Gasteiger partial charge in [0.05, 0.1) is 6.54 Å². The van der Waals surface area contributed by atoms with Gasteiger partial charge in [-0.15, -0.1) is 0 Å². The second kappa shape index (κ2) is 3.92. The van der Waals surface area contributed by atoms with Gasteiger partial charge in [-0.25, -0.2) is 8.78 Å². The Morgan fingerprint density at radius 1 is 1.12 bits per heavy atom. The van der Waals surface area contributed by atoms with Crippen LogP contribution in [0.1, 0.15) is 32.1 Å². The number of carbonyl (C=O) groups is 2. The first kappa shape index (κ1) is 12.3. The van der Waals surface area contributed by atoms with Crippen molar-refractivity contribution in [3.05, 3.63) is 0 Å². The Hall–Kier alpha value is -1.20. The lowest BCUT2D eigenvalue weighted by Gasteiger charge is -2.42. The fraction of sp³-hybridized carbons (Fsp3) is 0.818. The standard InChI is InChI=1S/C11H15F2NO3/c12-11(13)5-2-6-14(7-11)8(15)10(9(16)17)3-1-4-10/h1-7H2,(H,16,17). The zero-order valence-corrected chi connectivity index (χ0v) is 9.42. The number of amides is 1. The van der Waals surface area contributed by atoms with Gasteiger partial charge >= 0.3 is 5.97 Å². The van der Waals surface area contributed by atoms with Crippen LogP contribution >= 0.6 is 0 Å². The predicted molar refractivity (Wildman–Crippen MR) is 54.7 cm³/mol. The molecule has 2 rings (SSSR count). The first-order valence-electron chi connectivity index (χ1n) is 5.78. The second-order valence-electron chi connectivity index (χ2n) is 4.93. The molecule has 0 spiro atoms. The van der Waals surface area contributed by atoms with E-state index in [4.69, 9.17) is 5.11 Å². The van der Waals surface area contributed by atoms with Gasteiger partial charge in [0.1, 0.15) is 5.41 Å². The molecule has 1 saturated carbocycles. The lowest BCUT2D eigenvalue weighted by Crippen LogP contribution is -2.56. The Labute approximate surface area is 97.6 Å². The Morgan fingerprint density at radius 3 is 2.18 bits per heavy atom. The molecular formula is C11H15F2NO3. The van der Waals surface area contributed by atoms with E-state index in [0.717, 1.165) is 4.90 Å². The molecule has 1 saturated heterocycles. The van der Waals surface area contributed by atoms with Gasteiger partial charge < -0.3 is 10.0 Å². The highest BCUT2D eigenvalue weighted by Gasteiger charge is 2.54. The smallest absolute Gasteiger partial charge is 0.319 e. The lowest BCUT2D eigenvalue weighted by molar-refractivity contribution is -0.172. The molecule has 0 aromatic carbocycles. The van der Waals surface area contributed by atoms with E-state index in [9.17, 15) is 18.4 Å². The van der Waals surface area contributed by atoms with Crippen LogP contribution in [0.4, 0.5) is 8.78 Å². The highest BCUT2D eigenvalue weighted by atomic mass is 19.3. The summed E-state index contributed by atoms with van der Waals surface area (Å²) in [7, 11) is 0. The summed E-state index contributed by atoms with van der Waals surface area (Å²) in [6.45, 7) is -0.398. The maximum atomic E-state index is 13.2. The minimum atomic E-state index is -2.88. The van der Waals surface area contributed by atoms with E-state index in [2.05, 4.69) is 0 Å². The molecule has 0 unspecified atom stereocenters. The summed E-state index contributed by atoms with van der Waals surface area (Å²) in [5, 5.41) is 9.08. The van der Waals surface area contributed by atoms with Crippen molar-refractivity contribution in [3.8, 4) is 0 Å². The Balaban J connectivity index is 2.12. The molecule has 4 nitrogen and oxygen atoms in total. The van der Waals surface area contributed by atoms with Crippen LogP contribution in [-0.4, -0.2) is 40.9 Å². The van der Waals surface area contributed by atoms with Crippen LogP contribution < -0.4 is 0 Å². The van der Waals surface area contributed by atoms with Crippen LogP contribution in [0, 0.1) is 5.41 Å². The zero-order valence-electron chi connectivity index (χ0n) is 9.42. The van der Waals surface area contributed by atoms with Crippen molar-refractivity contribution in [3.63, 3.8) is 0 Å². The summed E-state index contributed by atoms with van der Waals surface area (Å²) >= 11 is 0. The molecule has 1 heterocycles. The number of hydrogen-bond donors (Lipinski definition) is 1. The normalized spacial score (nSPS) is 26.1. The second-order valence-corrected chi connectivity index (χ2v) is 4.93. The Bertz CT molecular complexity index is 353. The molecule has 1 aliphatic heterocycles. The first-order valence-corrected chi connectivity index (χ1v) is 5.78. The number of alkyl halides is 2. The van der Waals surface area contributed by atoms with E-state index in [-0.39, 0.29) is 32.2 Å². The maximum absolute atomic E-state index is 13.2. The minimum Gasteiger partial charge on any atom is -0.480 e. The van der Waals surface area contributed by atoms with Crippen LogP contribution in [0.15, 0.2) is 0 Å². The predicted octanol–water partition coefficient (Wildman–Crippen LogP) is 1.50. The molecule has 17 heavy (non-hydrogen) atoms. The number of nitrogens with zero attached hydrogens (tertiary/aromatic N) is 1. The van der Waals surface area contributed by atoms with Gasteiger partial charge in [0.2, 0.25) is 5.91 Å². The number of carboxylic acid groups (broad SMARTS) is 1. The zero-order chi connectivity index (χ0) is 12.7. The quantitative estimate of drug-likeness (QED) is 0.752. The largest absolute Gasteiger partial charge is 0.480 e. The van der Waals surface area contributed by atoms with E-state index in [1.165, 1.54) is 0 Å². The van der Waals surface area contributed by atoms with Gasteiger partial charge in [0, 0.05) is 13.0 Å². The van der Waals surface area contributed by atoms with Gasteiger partial charge in [-0.1, -0.05) is 6.42 Å². The number of halogens is 2. The number of carbonyl (C=O) groups excluding carboxylic acids is 1. The number of piperidine rings is 1. The summed E-state index contributed by atoms with van der Waals surface area (Å²) in [5.41, 5.74) is -1.42. The maximum Gasteiger partial charge on any atom is 0.319 e. The topological polar surface area (TPSA) is 57.6 Å². The number of aliphatic carboxylic acids is 1. The summed E-state index contributed by atoms with van der Waals surface area (Å²) < 4.78 is 26.4. The monoisotopic (exact) mass is 247 g/mol. The van der Waals surface area contributed by atoms with E-state index >= 15 is 0 Å². The lowest BCUT2D eigenvalue weighted by atomic mass is 9.67. The number of rotatable bonds is 2. The van der Waals surface area contributed by atoms with E-state index < -0.39 is 29.8 Å². The molecule has 1 aliphatic carbocycles. The van der Waals surface area contributed by atoms with Gasteiger partial charge in [-0.3, -0.25) is 9.59 Å². The highest BCUT2D eigenvalue weighted by molar-refractivity contribution is 6.02. The van der Waals surface area contributed by atoms with Crippen LogP contribution in [0.25, 0.3) is 0 Å². The van der Waals surface area contributed by atoms with Crippen molar-refractivity contribution >= 4 is 11.9 Å². The number of likely N-dealkylation sites (tertiary alicyclic amines) is 1. The molecule has 0 bridgehead atoms. The SMILES string of the molecule is O=C(O)C1(C(=O)N2CCCC(F)(F)C2)CCC1. The third kappa shape index (κ3) is 2.00. The van der Waals surface area contributed by atoms with E-state index in [0.29, 0.717) is 6.42 Å². The van der Waals surface area contributed by atoms with Gasteiger partial charge in [0.15, 0.2) is 0 Å². The number of carboxylic acids is 1. The van der Waals surface area contributed by atoms with Crippen LogP contribution in [0.3, 0.4) is 0 Å². The third-order valence-electron chi connectivity index (χ3n) is 3.71. The van der Waals surface area contributed by atoms with Gasteiger partial charge in [-0.2, -0.15) is 0 Å². The van der Waals surface area contributed by atoms with Crippen molar-refractivity contribution in [2.45, 2.75) is 38.0 Å². The van der Waals surface area contributed by atoms with Crippen molar-refractivity contribution in [1.29, 1.82) is 0 Å². The van der Waals surface area contributed by atoms with Crippen LogP contribution in [0.5, 0.6) is 0 Å². The van der Waals surface area contributed by atoms with Crippen LogP contribution in [0.2, 0.25) is 0 Å². The highest BCUT2D eigenvalue weighted by Crippen LogP contribution is 2.43. The fourth-order valence-corrected chi connectivity index (χ4v) is 2.49. The molecule has 2 aliphatic rings. The van der Waals surface area contributed by atoms with Gasteiger partial charge in [-0.05, 0) is 19.3 Å². The fourth-order valence-electron chi connectivity index (χ4n) is 2.49. The molecular weight excluding hydrogens is 232 g/mol. The van der Waals surface area contributed by atoms with Gasteiger partial charge in [0.25, 0.3) is 5.92 Å². The first-order chi connectivity index (χ1) is 7.87. The number of hydrogen-bond acceptors (Lipinski definition) is 2. The molecule has 0 aromatic rings. The summed E-state index contributed by atoms with van der Waals surface area (Å²) in [4.78, 5) is 24.2. The Kier molecular flexibility index (Phi) is 2.83. The molecule has 6 heteroatoms. The summed E-state index contributed by atoms with van der Waals surface area (Å²) in [5.74, 6) is -4.68. The molecule has 2 fully saturated rings. The Morgan fingerprint density at radius 2 is 1.76 bits per heavy atom. The van der Waals surface area contributed by atoms with Crippen molar-refractivity contribution in [1.82, 2.24) is 4.90 Å². The average Bonchev–Trinajstić information content (AvgIpc) is 2.13. The van der Waals surface area contributed by atoms with Crippen molar-refractivity contribution in [2.75, 3.05) is 13.1 Å². The average molecular weight is 247 g/mol. The third-order valence-corrected chi connectivity index (χ3v) is 3.71. The molecule has 1 amide bonds. The van der Waals surface area contributed by atoms with Crippen LogP contribution in [-0.2, 0) is 9.59 Å². The molecule has 0 radical (unpaired) electrons. The van der Waals surface area contributed by atoms with Crippen molar-refractivity contribution in [2.24, 2.45) is 5.41 Å². The van der Waals surface area contributed by atoms with E-state index in [1.807, 2.05) is 0 Å². The summed E-state index contributed by atoms with van der Waals surface area (Å²) in [6.07, 6.45) is 1.21. The minimum absolute atomic E-state index is 0.225. The molecule has 0 atom stereocenters. The van der Waals surface area contributed by atoms with E-state index in [1.54, 1.807) is 0 Å². The molecule has 96 valence electrons. The molecule has 1 N–H and O–H groups in total. The summed E-state index contributed by atoms with van der Waals surface area (Å²) in [6, 6.07) is 0. The molecule has 0 aromatic heterocycles.